The lowest BCUT2D eigenvalue weighted by Gasteiger charge is -2.24. The number of nitrogens with zero attached hydrogens (tertiary/aromatic N) is 3. The predicted octanol–water partition coefficient (Wildman–Crippen LogP) is 1.04. The molecule has 0 aliphatic carbocycles. The van der Waals surface area contributed by atoms with E-state index in [0.717, 1.165) is 5.65 Å². The molecule has 2 aromatic heterocycles. The smallest absolute Gasteiger partial charge is 0.333 e. The van der Waals surface area contributed by atoms with Crippen molar-refractivity contribution in [3.8, 4) is 0 Å². The van der Waals surface area contributed by atoms with Crippen LogP contribution in [0, 0.1) is 0 Å². The lowest BCUT2D eigenvalue weighted by atomic mass is 10.1. The van der Waals surface area contributed by atoms with Gasteiger partial charge in [0.2, 0.25) is 0 Å². The summed E-state index contributed by atoms with van der Waals surface area (Å²) in [6, 6.07) is 1.85. The molecule has 0 unspecified atom stereocenters. The number of aromatic nitrogens is 3. The molecule has 2 heterocycles. The van der Waals surface area contributed by atoms with E-state index >= 15 is 0 Å². The van der Waals surface area contributed by atoms with Gasteiger partial charge in [-0.3, -0.25) is 4.68 Å². The van der Waals surface area contributed by atoms with Crippen molar-refractivity contribution in [1.82, 2.24) is 14.2 Å². The summed E-state index contributed by atoms with van der Waals surface area (Å²) in [6.45, 7) is 3.61. The number of esters is 1. The summed E-state index contributed by atoms with van der Waals surface area (Å²) >= 11 is 0. The van der Waals surface area contributed by atoms with Crippen LogP contribution in [0.2, 0.25) is 0 Å². The van der Waals surface area contributed by atoms with Crippen LogP contribution in [0.4, 0.5) is 0 Å². The van der Waals surface area contributed by atoms with E-state index < -0.39 is 5.54 Å². The standard InChI is InChI=1S/C10H13N3O2/c1-10(2,9(14)15-3)13-6-4-8-11-5-7-12(8)13/h4-7H,1-3H3. The Balaban J connectivity index is 2.55. The Labute approximate surface area is 87.3 Å². The first-order valence-electron chi connectivity index (χ1n) is 4.67. The van der Waals surface area contributed by atoms with Crippen molar-refractivity contribution in [3.63, 3.8) is 0 Å². The summed E-state index contributed by atoms with van der Waals surface area (Å²) in [5.74, 6) is -0.284. The van der Waals surface area contributed by atoms with Crippen molar-refractivity contribution >= 4 is 11.6 Å². The molecule has 0 aliphatic rings. The Kier molecular flexibility index (Phi) is 2.03. The van der Waals surface area contributed by atoms with E-state index in [1.165, 1.54) is 7.11 Å². The SMILES string of the molecule is COC(=O)C(C)(C)n1ccc2nccn21. The van der Waals surface area contributed by atoms with E-state index in [1.54, 1.807) is 30.9 Å². The Hall–Kier alpha value is -1.78. The zero-order chi connectivity index (χ0) is 11.1. The third kappa shape index (κ3) is 1.31. The number of ether oxygens (including phenoxy) is 1. The van der Waals surface area contributed by atoms with Gasteiger partial charge in [0.1, 0.15) is 0 Å². The van der Waals surface area contributed by atoms with Gasteiger partial charge in [0.05, 0.1) is 7.11 Å². The highest BCUT2D eigenvalue weighted by Gasteiger charge is 2.32. The molecule has 2 rings (SSSR count). The fourth-order valence-corrected chi connectivity index (χ4v) is 1.62. The number of rotatable bonds is 2. The maximum atomic E-state index is 11.6. The molecule has 2 aromatic rings. The summed E-state index contributed by atoms with van der Waals surface area (Å²) < 4.78 is 8.38. The van der Waals surface area contributed by atoms with Gasteiger partial charge in [-0.05, 0) is 13.8 Å². The highest BCUT2D eigenvalue weighted by molar-refractivity contribution is 5.77. The minimum absolute atomic E-state index is 0.284. The third-order valence-corrected chi connectivity index (χ3v) is 2.50. The van der Waals surface area contributed by atoms with Crippen LogP contribution in [0.5, 0.6) is 0 Å². The lowest BCUT2D eigenvalue weighted by molar-refractivity contribution is -0.150. The number of fused-ring (bicyclic) bond motifs is 1. The molecule has 5 nitrogen and oxygen atoms in total. The lowest BCUT2D eigenvalue weighted by Crippen LogP contribution is -2.38. The monoisotopic (exact) mass is 207 g/mol. The molecule has 0 radical (unpaired) electrons. The average molecular weight is 207 g/mol. The van der Waals surface area contributed by atoms with E-state index in [-0.39, 0.29) is 5.97 Å². The third-order valence-electron chi connectivity index (χ3n) is 2.50. The van der Waals surface area contributed by atoms with E-state index in [4.69, 9.17) is 4.74 Å². The van der Waals surface area contributed by atoms with Crippen molar-refractivity contribution in [1.29, 1.82) is 0 Å². The molecule has 0 saturated carbocycles. The molecule has 0 fully saturated rings. The van der Waals surface area contributed by atoms with Gasteiger partial charge in [-0.1, -0.05) is 0 Å². The van der Waals surface area contributed by atoms with Crippen LogP contribution >= 0.6 is 0 Å². The first kappa shape index (κ1) is 9.76. The molecule has 0 spiro atoms. The van der Waals surface area contributed by atoms with Crippen LogP contribution in [0.15, 0.2) is 24.7 Å². The number of carbonyl (C=O) groups is 1. The van der Waals surface area contributed by atoms with Gasteiger partial charge in [0.25, 0.3) is 0 Å². The first-order chi connectivity index (χ1) is 7.07. The zero-order valence-corrected chi connectivity index (χ0v) is 8.97. The van der Waals surface area contributed by atoms with Crippen molar-refractivity contribution < 1.29 is 9.53 Å². The molecule has 0 amide bonds. The fourth-order valence-electron chi connectivity index (χ4n) is 1.62. The molecule has 0 aromatic carbocycles. The van der Waals surface area contributed by atoms with Gasteiger partial charge in [-0.15, -0.1) is 0 Å². The second-order valence-corrected chi connectivity index (χ2v) is 3.84. The average Bonchev–Trinajstić information content (AvgIpc) is 2.76. The van der Waals surface area contributed by atoms with Gasteiger partial charge in [-0.2, -0.15) is 0 Å². The second-order valence-electron chi connectivity index (χ2n) is 3.84. The Bertz CT molecular complexity index is 495. The zero-order valence-electron chi connectivity index (χ0n) is 8.97. The van der Waals surface area contributed by atoms with Crippen LogP contribution in [-0.4, -0.2) is 27.3 Å². The molecule has 15 heavy (non-hydrogen) atoms. The Morgan fingerprint density at radius 1 is 1.47 bits per heavy atom. The van der Waals surface area contributed by atoms with Crippen molar-refractivity contribution in [2.24, 2.45) is 0 Å². The van der Waals surface area contributed by atoms with Crippen LogP contribution in [-0.2, 0) is 15.1 Å². The van der Waals surface area contributed by atoms with E-state index in [1.807, 2.05) is 16.8 Å². The van der Waals surface area contributed by atoms with Crippen molar-refractivity contribution in [2.75, 3.05) is 7.11 Å². The minimum Gasteiger partial charge on any atom is -0.467 e. The van der Waals surface area contributed by atoms with E-state index in [0.29, 0.717) is 0 Å². The maximum absolute atomic E-state index is 11.6. The van der Waals surface area contributed by atoms with E-state index in [2.05, 4.69) is 4.98 Å². The quantitative estimate of drug-likeness (QED) is 0.691. The Morgan fingerprint density at radius 2 is 2.20 bits per heavy atom. The molecular weight excluding hydrogens is 194 g/mol. The molecule has 5 heteroatoms. The minimum atomic E-state index is -0.739. The Morgan fingerprint density at radius 3 is 2.87 bits per heavy atom. The maximum Gasteiger partial charge on any atom is 0.333 e. The fraction of sp³-hybridized carbons (Fsp3) is 0.400. The van der Waals surface area contributed by atoms with Crippen molar-refractivity contribution in [3.05, 3.63) is 24.7 Å². The summed E-state index contributed by atoms with van der Waals surface area (Å²) in [5, 5.41) is 0. The van der Waals surface area contributed by atoms with Gasteiger partial charge in [-0.25, -0.2) is 14.3 Å². The van der Waals surface area contributed by atoms with Gasteiger partial charge < -0.3 is 4.74 Å². The van der Waals surface area contributed by atoms with Gasteiger partial charge in [0.15, 0.2) is 11.2 Å². The molecule has 0 saturated heterocycles. The van der Waals surface area contributed by atoms with E-state index in [9.17, 15) is 4.79 Å². The highest BCUT2D eigenvalue weighted by atomic mass is 16.5. The van der Waals surface area contributed by atoms with Gasteiger partial charge >= 0.3 is 5.97 Å². The molecular formula is C10H13N3O2. The largest absolute Gasteiger partial charge is 0.467 e. The van der Waals surface area contributed by atoms with Crippen LogP contribution in [0.3, 0.4) is 0 Å². The normalized spacial score (nSPS) is 11.9. The summed E-state index contributed by atoms with van der Waals surface area (Å²) in [5.41, 5.74) is 0.0731. The second kappa shape index (κ2) is 3.12. The first-order valence-corrected chi connectivity index (χ1v) is 4.67. The molecule has 0 N–H and O–H groups in total. The van der Waals surface area contributed by atoms with Crippen LogP contribution in [0.1, 0.15) is 13.8 Å². The summed E-state index contributed by atoms with van der Waals surface area (Å²) in [4.78, 5) is 15.7. The van der Waals surface area contributed by atoms with Gasteiger partial charge in [0, 0.05) is 24.7 Å². The summed E-state index contributed by atoms with van der Waals surface area (Å²) in [6.07, 6.45) is 5.32. The molecule has 0 bridgehead atoms. The highest BCUT2D eigenvalue weighted by Crippen LogP contribution is 2.18. The van der Waals surface area contributed by atoms with Crippen LogP contribution in [0.25, 0.3) is 5.65 Å². The molecule has 80 valence electrons. The van der Waals surface area contributed by atoms with Crippen LogP contribution < -0.4 is 0 Å². The number of hydrogen-bond acceptors (Lipinski definition) is 3. The summed E-state index contributed by atoms with van der Waals surface area (Å²) in [7, 11) is 1.39. The number of imidazole rings is 1. The number of hydrogen-bond donors (Lipinski definition) is 0. The molecule has 0 aliphatic heterocycles. The number of carbonyl (C=O) groups excluding carboxylic acids is 1. The van der Waals surface area contributed by atoms with Crippen molar-refractivity contribution in [2.45, 2.75) is 19.4 Å². The number of methoxy groups -OCH3 is 1. The topological polar surface area (TPSA) is 48.5 Å². The molecule has 0 atom stereocenters. The predicted molar refractivity (Wildman–Crippen MR) is 54.5 cm³/mol.